The summed E-state index contributed by atoms with van der Waals surface area (Å²) in [5.74, 6) is 1.44. The molecule has 0 N–H and O–H groups in total. The summed E-state index contributed by atoms with van der Waals surface area (Å²) in [5, 5.41) is 5.64. The minimum atomic E-state index is -0.460. The number of ether oxygens (including phenoxy) is 3. The van der Waals surface area contributed by atoms with Gasteiger partial charge in [-0.25, -0.2) is 4.98 Å². The number of carbonyl (C=O) groups excluding carboxylic acids is 1. The normalized spacial score (nSPS) is 11.4. The Balaban J connectivity index is 1.68. The van der Waals surface area contributed by atoms with Gasteiger partial charge in [-0.15, -0.1) is 0 Å². The highest BCUT2D eigenvalue weighted by Gasteiger charge is 2.18. The van der Waals surface area contributed by atoms with E-state index >= 15 is 0 Å². The third-order valence-corrected chi connectivity index (χ3v) is 6.34. The third-order valence-electron chi connectivity index (χ3n) is 5.54. The summed E-state index contributed by atoms with van der Waals surface area (Å²) in [6.45, 7) is 1.32. The molecule has 37 heavy (non-hydrogen) atoms. The van der Waals surface area contributed by atoms with Crippen molar-refractivity contribution < 1.29 is 23.4 Å². The van der Waals surface area contributed by atoms with Crippen LogP contribution in [0.15, 0.2) is 75.0 Å². The minimum absolute atomic E-state index is 0.233. The average Bonchev–Trinajstić information content (AvgIpc) is 3.33. The van der Waals surface area contributed by atoms with Gasteiger partial charge in [-0.1, -0.05) is 18.2 Å². The summed E-state index contributed by atoms with van der Waals surface area (Å²) in [7, 11) is 3.06. The number of esters is 1. The molecule has 10 heteroatoms. The predicted octanol–water partition coefficient (Wildman–Crippen LogP) is 5.24. The first-order chi connectivity index (χ1) is 17.9. The molecule has 0 spiro atoms. The van der Waals surface area contributed by atoms with Crippen molar-refractivity contribution in [2.24, 2.45) is 5.10 Å². The van der Waals surface area contributed by atoms with Gasteiger partial charge in [-0.2, -0.15) is 9.78 Å². The number of methoxy groups -OCH3 is 2. The topological polar surface area (TPSA) is 105 Å². The van der Waals surface area contributed by atoms with Crippen molar-refractivity contribution in [1.29, 1.82) is 0 Å². The molecule has 0 fully saturated rings. The van der Waals surface area contributed by atoms with Crippen molar-refractivity contribution in [2.75, 3.05) is 14.2 Å². The van der Waals surface area contributed by atoms with E-state index in [2.05, 4.69) is 5.10 Å². The first-order valence-corrected chi connectivity index (χ1v) is 12.2. The van der Waals surface area contributed by atoms with Gasteiger partial charge < -0.3 is 18.6 Å². The number of aromatic nitrogens is 2. The van der Waals surface area contributed by atoms with Gasteiger partial charge in [0.05, 0.1) is 40.3 Å². The van der Waals surface area contributed by atoms with Crippen LogP contribution in [0.3, 0.4) is 0 Å². The zero-order valence-electron chi connectivity index (χ0n) is 20.0. The summed E-state index contributed by atoms with van der Waals surface area (Å²) in [6.07, 6.45) is 1.51. The van der Waals surface area contributed by atoms with Gasteiger partial charge in [0.15, 0.2) is 17.3 Å². The zero-order valence-corrected chi connectivity index (χ0v) is 22.2. The van der Waals surface area contributed by atoms with Crippen LogP contribution in [0.5, 0.6) is 17.2 Å². The largest absolute Gasteiger partial charge is 0.496 e. The second kappa shape index (κ2) is 10.1. The first kappa shape index (κ1) is 24.5. The number of benzene rings is 3. The zero-order chi connectivity index (χ0) is 26.1. The summed E-state index contributed by atoms with van der Waals surface area (Å²) in [6, 6.07) is 17.7. The van der Waals surface area contributed by atoms with Crippen LogP contribution < -0.4 is 19.8 Å². The van der Waals surface area contributed by atoms with Crippen LogP contribution in [0.25, 0.3) is 33.5 Å². The van der Waals surface area contributed by atoms with Crippen LogP contribution in [-0.4, -0.2) is 36.1 Å². The molecule has 0 unspecified atom stereocenters. The number of nitrogens with zero attached hydrogens (tertiary/aromatic N) is 3. The lowest BCUT2D eigenvalue weighted by Gasteiger charge is -2.11. The van der Waals surface area contributed by atoms with Crippen LogP contribution >= 0.6 is 22.6 Å². The molecule has 0 saturated heterocycles. The van der Waals surface area contributed by atoms with Crippen molar-refractivity contribution in [1.82, 2.24) is 9.66 Å². The molecule has 0 bridgehead atoms. The predicted molar refractivity (Wildman–Crippen MR) is 148 cm³/mol. The number of furan rings is 1. The fourth-order valence-corrected chi connectivity index (χ4v) is 4.63. The maximum Gasteiger partial charge on any atom is 0.308 e. The van der Waals surface area contributed by atoms with Crippen molar-refractivity contribution >= 4 is 56.6 Å². The van der Waals surface area contributed by atoms with E-state index in [1.807, 2.05) is 46.9 Å². The maximum absolute atomic E-state index is 13.5. The Bertz CT molecular complexity index is 1760. The molecule has 0 aliphatic carbocycles. The fraction of sp³-hybridized carbons (Fsp3) is 0.111. The molecule has 9 nitrogen and oxygen atoms in total. The summed E-state index contributed by atoms with van der Waals surface area (Å²) in [4.78, 5) is 29.7. The molecule has 0 aliphatic heterocycles. The van der Waals surface area contributed by atoms with Crippen LogP contribution in [0.4, 0.5) is 0 Å². The van der Waals surface area contributed by atoms with Crippen LogP contribution in [0, 0.1) is 3.57 Å². The Morgan fingerprint density at radius 2 is 1.81 bits per heavy atom. The van der Waals surface area contributed by atoms with Gasteiger partial charge in [0.2, 0.25) is 5.82 Å². The summed E-state index contributed by atoms with van der Waals surface area (Å²) < 4.78 is 24.0. The molecule has 0 aliphatic rings. The van der Waals surface area contributed by atoms with Crippen LogP contribution in [0.2, 0.25) is 0 Å². The highest BCUT2D eigenvalue weighted by molar-refractivity contribution is 14.1. The van der Waals surface area contributed by atoms with Crippen molar-refractivity contribution in [3.05, 3.63) is 80.2 Å². The monoisotopic (exact) mass is 609 g/mol. The first-order valence-electron chi connectivity index (χ1n) is 11.1. The Morgan fingerprint density at radius 1 is 1.03 bits per heavy atom. The molecule has 0 radical (unpaired) electrons. The van der Waals surface area contributed by atoms with Crippen LogP contribution in [-0.2, 0) is 4.79 Å². The van der Waals surface area contributed by atoms with Gasteiger partial charge in [0.25, 0.3) is 5.56 Å². The number of halogens is 1. The van der Waals surface area contributed by atoms with E-state index < -0.39 is 5.97 Å². The number of carbonyl (C=O) groups is 1. The van der Waals surface area contributed by atoms with E-state index in [-0.39, 0.29) is 11.4 Å². The van der Waals surface area contributed by atoms with Crippen molar-refractivity contribution in [3.63, 3.8) is 0 Å². The van der Waals surface area contributed by atoms with E-state index in [9.17, 15) is 9.59 Å². The van der Waals surface area contributed by atoms with Crippen molar-refractivity contribution in [2.45, 2.75) is 6.92 Å². The second-order valence-electron chi connectivity index (χ2n) is 7.92. The molecule has 2 heterocycles. The van der Waals surface area contributed by atoms with E-state index in [1.54, 1.807) is 43.5 Å². The highest BCUT2D eigenvalue weighted by atomic mass is 127. The molecule has 5 rings (SSSR count). The molecule has 0 atom stereocenters. The number of rotatable bonds is 6. The Labute approximate surface area is 224 Å². The lowest BCUT2D eigenvalue weighted by molar-refractivity contribution is -0.132. The lowest BCUT2D eigenvalue weighted by Crippen LogP contribution is -2.20. The van der Waals surface area contributed by atoms with Crippen molar-refractivity contribution in [3.8, 4) is 28.8 Å². The highest BCUT2D eigenvalue weighted by Crippen LogP contribution is 2.34. The van der Waals surface area contributed by atoms with E-state index in [0.717, 1.165) is 5.39 Å². The molecule has 0 saturated carbocycles. The Morgan fingerprint density at radius 3 is 2.57 bits per heavy atom. The van der Waals surface area contributed by atoms with Crippen LogP contribution in [0.1, 0.15) is 12.5 Å². The quantitative estimate of drug-likeness (QED) is 0.112. The number of para-hydroxylation sites is 1. The second-order valence-corrected chi connectivity index (χ2v) is 9.09. The summed E-state index contributed by atoms with van der Waals surface area (Å²) >= 11 is 2.04. The molecule has 0 amide bonds. The van der Waals surface area contributed by atoms with E-state index in [1.165, 1.54) is 24.9 Å². The van der Waals surface area contributed by atoms with Gasteiger partial charge in [-0.3, -0.25) is 9.59 Å². The molecular formula is C27H20IN3O6. The van der Waals surface area contributed by atoms with Gasteiger partial charge >= 0.3 is 5.97 Å². The van der Waals surface area contributed by atoms with Gasteiger partial charge in [-0.05, 0) is 70.6 Å². The lowest BCUT2D eigenvalue weighted by atomic mass is 10.2. The average molecular weight is 609 g/mol. The summed E-state index contributed by atoms with van der Waals surface area (Å²) in [5.41, 5.74) is 1.37. The van der Waals surface area contributed by atoms with E-state index in [0.29, 0.717) is 48.6 Å². The molecule has 2 aromatic heterocycles. The Hall–Kier alpha value is -4.19. The SMILES string of the molecule is COc1cc(C=Nn2c(-c3cc4c(OC)cccc4o3)nc3ccccc3c2=O)cc(I)c1OC(C)=O. The number of fused-ring (bicyclic) bond motifs is 2. The van der Waals surface area contributed by atoms with Gasteiger partial charge in [0.1, 0.15) is 11.3 Å². The number of hydrogen-bond donors (Lipinski definition) is 0. The van der Waals surface area contributed by atoms with E-state index in [4.69, 9.17) is 23.6 Å². The smallest absolute Gasteiger partial charge is 0.308 e. The maximum atomic E-state index is 13.5. The molecular weight excluding hydrogens is 589 g/mol. The molecule has 3 aromatic carbocycles. The minimum Gasteiger partial charge on any atom is -0.496 e. The van der Waals surface area contributed by atoms with Gasteiger partial charge in [0, 0.05) is 6.92 Å². The molecule has 186 valence electrons. The Kier molecular flexibility index (Phi) is 6.66. The fourth-order valence-electron chi connectivity index (χ4n) is 3.89. The third kappa shape index (κ3) is 4.67. The standard InChI is InChI=1S/C27H20IN3O6/c1-15(32)36-25-19(28)11-16(12-23(25)35-3)14-29-31-26(30-20-8-5-4-7-17(20)27(31)33)24-13-18-21(34-2)9-6-10-22(18)37-24/h4-14H,1-3H3. The number of hydrogen-bond acceptors (Lipinski definition) is 8. The molecule has 5 aromatic rings.